The van der Waals surface area contributed by atoms with E-state index in [1.54, 1.807) is 30.5 Å². The molecule has 0 aliphatic carbocycles. The van der Waals surface area contributed by atoms with Crippen molar-refractivity contribution in [3.8, 4) is 5.75 Å². The number of amides is 2. The number of carbonyl (C=O) groups is 2. The highest BCUT2D eigenvalue weighted by molar-refractivity contribution is 6.30. The van der Waals surface area contributed by atoms with Crippen LogP contribution in [0.4, 0.5) is 0 Å². The Hall–Kier alpha value is -4.16. The van der Waals surface area contributed by atoms with Crippen molar-refractivity contribution in [3.05, 3.63) is 113 Å². The predicted octanol–water partition coefficient (Wildman–Crippen LogP) is 5.98. The third-order valence-corrected chi connectivity index (χ3v) is 6.13. The number of halogens is 1. The third kappa shape index (κ3) is 6.74. The molecule has 2 N–H and O–H groups in total. The maximum absolute atomic E-state index is 12.9. The van der Waals surface area contributed by atoms with Gasteiger partial charge in [-0.2, -0.15) is 5.10 Å². The molecular weight excluding hydrogens is 486 g/mol. The van der Waals surface area contributed by atoms with Crippen molar-refractivity contribution in [2.24, 2.45) is 11.0 Å². The zero-order chi connectivity index (χ0) is 26.2. The summed E-state index contributed by atoms with van der Waals surface area (Å²) in [6, 6.07) is 27.3. The number of carbonyl (C=O) groups excluding carboxylic acids is 2. The van der Waals surface area contributed by atoms with E-state index in [0.29, 0.717) is 22.9 Å². The van der Waals surface area contributed by atoms with Crippen LogP contribution in [0, 0.1) is 5.92 Å². The first-order chi connectivity index (χ1) is 17.9. The molecule has 0 spiro atoms. The van der Waals surface area contributed by atoms with E-state index in [4.69, 9.17) is 16.3 Å². The molecule has 0 fully saturated rings. The molecule has 0 aliphatic rings. The fraction of sp³-hybridized carbons (Fsp3) is 0.167. The summed E-state index contributed by atoms with van der Waals surface area (Å²) in [6.07, 6.45) is 1.58. The molecule has 0 saturated carbocycles. The fourth-order valence-electron chi connectivity index (χ4n) is 3.86. The topological polar surface area (TPSA) is 79.8 Å². The van der Waals surface area contributed by atoms with Gasteiger partial charge in [0, 0.05) is 16.1 Å². The lowest BCUT2D eigenvalue weighted by Crippen LogP contribution is -2.48. The summed E-state index contributed by atoms with van der Waals surface area (Å²) in [5.74, 6) is -0.229. The molecule has 0 aromatic heterocycles. The molecule has 2 amide bonds. The van der Waals surface area contributed by atoms with Gasteiger partial charge in [-0.05, 0) is 52.6 Å². The van der Waals surface area contributed by atoms with Crippen molar-refractivity contribution in [1.82, 2.24) is 10.7 Å². The van der Waals surface area contributed by atoms with E-state index in [9.17, 15) is 9.59 Å². The van der Waals surface area contributed by atoms with Crippen LogP contribution in [0.3, 0.4) is 0 Å². The number of nitrogens with zero attached hydrogens (tertiary/aromatic N) is 1. The van der Waals surface area contributed by atoms with Crippen LogP contribution >= 0.6 is 11.6 Å². The molecule has 0 saturated heterocycles. The largest absolute Gasteiger partial charge is 0.488 e. The van der Waals surface area contributed by atoms with Gasteiger partial charge in [-0.25, -0.2) is 5.43 Å². The summed E-state index contributed by atoms with van der Waals surface area (Å²) in [6.45, 7) is 4.09. The van der Waals surface area contributed by atoms with Crippen LogP contribution in [0.25, 0.3) is 10.8 Å². The molecule has 1 unspecified atom stereocenters. The van der Waals surface area contributed by atoms with E-state index in [1.165, 1.54) is 0 Å². The summed E-state index contributed by atoms with van der Waals surface area (Å²) < 4.78 is 6.11. The molecule has 0 bridgehead atoms. The number of hydrogen-bond donors (Lipinski definition) is 2. The minimum absolute atomic E-state index is 0.140. The van der Waals surface area contributed by atoms with Gasteiger partial charge in [-0.15, -0.1) is 0 Å². The fourth-order valence-corrected chi connectivity index (χ4v) is 3.98. The van der Waals surface area contributed by atoms with Gasteiger partial charge in [0.2, 0.25) is 0 Å². The zero-order valence-corrected chi connectivity index (χ0v) is 21.4. The highest BCUT2D eigenvalue weighted by atomic mass is 35.5. The molecule has 1 atom stereocenters. The molecule has 0 radical (unpaired) electrons. The second-order valence-corrected chi connectivity index (χ2v) is 9.35. The van der Waals surface area contributed by atoms with E-state index < -0.39 is 11.9 Å². The van der Waals surface area contributed by atoms with Crippen LogP contribution in [0.15, 0.2) is 96.1 Å². The molecule has 37 heavy (non-hydrogen) atoms. The van der Waals surface area contributed by atoms with E-state index in [0.717, 1.165) is 21.9 Å². The standard InChI is InChI=1S/C30H28ClN3O3/c1-20(2)28(33-29(35)23-9-4-3-5-10-23)30(36)34-32-18-26-25-11-7-6-8-22(25)14-17-27(26)37-19-21-12-15-24(31)16-13-21/h3-18,20,28H,19H2,1-2H3,(H,33,35)(H,34,36)/b32-18+. The Labute approximate surface area is 221 Å². The molecule has 0 aliphatic heterocycles. The SMILES string of the molecule is CC(C)C(NC(=O)c1ccccc1)C(=O)N/N=C/c1c(OCc2ccc(Cl)cc2)ccc2ccccc12. The van der Waals surface area contributed by atoms with Gasteiger partial charge in [0.05, 0.1) is 6.21 Å². The van der Waals surface area contributed by atoms with Gasteiger partial charge >= 0.3 is 0 Å². The molecule has 4 rings (SSSR count). The lowest BCUT2D eigenvalue weighted by Gasteiger charge is -2.20. The van der Waals surface area contributed by atoms with Crippen LogP contribution in [0.5, 0.6) is 5.75 Å². The summed E-state index contributed by atoms with van der Waals surface area (Å²) >= 11 is 5.99. The van der Waals surface area contributed by atoms with Crippen molar-refractivity contribution >= 4 is 40.4 Å². The number of hydrogen-bond acceptors (Lipinski definition) is 4. The van der Waals surface area contributed by atoms with E-state index in [2.05, 4.69) is 15.8 Å². The van der Waals surface area contributed by atoms with Gasteiger partial charge in [0.15, 0.2) is 0 Å². The van der Waals surface area contributed by atoms with Crippen LogP contribution in [0.2, 0.25) is 5.02 Å². The Morgan fingerprint density at radius 2 is 1.62 bits per heavy atom. The molecule has 7 heteroatoms. The molecule has 4 aromatic carbocycles. The second kappa shape index (κ2) is 12.2. The quantitative estimate of drug-likeness (QED) is 0.213. The second-order valence-electron chi connectivity index (χ2n) is 8.91. The van der Waals surface area contributed by atoms with Crippen molar-refractivity contribution in [1.29, 1.82) is 0 Å². The minimum Gasteiger partial charge on any atom is -0.488 e. The number of rotatable bonds is 9. The smallest absolute Gasteiger partial charge is 0.262 e. The van der Waals surface area contributed by atoms with Crippen LogP contribution in [-0.4, -0.2) is 24.1 Å². The first-order valence-electron chi connectivity index (χ1n) is 12.0. The van der Waals surface area contributed by atoms with Crippen molar-refractivity contribution in [3.63, 3.8) is 0 Å². The van der Waals surface area contributed by atoms with Gasteiger partial charge in [0.1, 0.15) is 18.4 Å². The lowest BCUT2D eigenvalue weighted by atomic mass is 10.0. The highest BCUT2D eigenvalue weighted by Crippen LogP contribution is 2.27. The number of fused-ring (bicyclic) bond motifs is 1. The van der Waals surface area contributed by atoms with Crippen LogP contribution < -0.4 is 15.5 Å². The Morgan fingerprint density at radius 1 is 0.919 bits per heavy atom. The number of ether oxygens (including phenoxy) is 1. The lowest BCUT2D eigenvalue weighted by molar-refractivity contribution is -0.123. The monoisotopic (exact) mass is 513 g/mol. The van der Waals surface area contributed by atoms with Gasteiger partial charge < -0.3 is 10.1 Å². The molecule has 4 aromatic rings. The summed E-state index contributed by atoms with van der Waals surface area (Å²) in [5, 5.41) is 9.65. The first kappa shape index (κ1) is 25.9. The third-order valence-electron chi connectivity index (χ3n) is 5.88. The summed E-state index contributed by atoms with van der Waals surface area (Å²) in [4.78, 5) is 25.6. The van der Waals surface area contributed by atoms with Gasteiger partial charge in [0.25, 0.3) is 11.8 Å². The molecule has 6 nitrogen and oxygen atoms in total. The van der Waals surface area contributed by atoms with E-state index in [-0.39, 0.29) is 11.8 Å². The average molecular weight is 514 g/mol. The number of hydrazone groups is 1. The van der Waals surface area contributed by atoms with E-state index in [1.807, 2.05) is 80.6 Å². The Kier molecular flexibility index (Phi) is 8.54. The summed E-state index contributed by atoms with van der Waals surface area (Å²) in [7, 11) is 0. The first-order valence-corrected chi connectivity index (χ1v) is 12.4. The van der Waals surface area contributed by atoms with Crippen molar-refractivity contribution < 1.29 is 14.3 Å². The Bertz CT molecular complexity index is 1400. The average Bonchev–Trinajstić information content (AvgIpc) is 2.92. The zero-order valence-electron chi connectivity index (χ0n) is 20.6. The molecule has 0 heterocycles. The van der Waals surface area contributed by atoms with Crippen LogP contribution in [-0.2, 0) is 11.4 Å². The summed E-state index contributed by atoms with van der Waals surface area (Å²) in [5.41, 5.74) is 4.79. The Balaban J connectivity index is 1.51. The molecular formula is C30H28ClN3O3. The van der Waals surface area contributed by atoms with Gasteiger partial charge in [-0.3, -0.25) is 9.59 Å². The number of nitrogens with one attached hydrogen (secondary N) is 2. The maximum Gasteiger partial charge on any atom is 0.262 e. The van der Waals surface area contributed by atoms with Crippen LogP contribution in [0.1, 0.15) is 35.3 Å². The van der Waals surface area contributed by atoms with E-state index >= 15 is 0 Å². The minimum atomic E-state index is -0.752. The number of benzene rings is 4. The van der Waals surface area contributed by atoms with Gasteiger partial charge in [-0.1, -0.05) is 86.1 Å². The van der Waals surface area contributed by atoms with Crippen molar-refractivity contribution in [2.75, 3.05) is 0 Å². The normalized spacial score (nSPS) is 12.0. The Morgan fingerprint density at radius 3 is 2.35 bits per heavy atom. The van der Waals surface area contributed by atoms with Crippen molar-refractivity contribution in [2.45, 2.75) is 26.5 Å². The highest BCUT2D eigenvalue weighted by Gasteiger charge is 2.24. The maximum atomic E-state index is 12.9. The predicted molar refractivity (Wildman–Crippen MR) is 148 cm³/mol. The molecule has 188 valence electrons.